The summed E-state index contributed by atoms with van der Waals surface area (Å²) < 4.78 is 0. The summed E-state index contributed by atoms with van der Waals surface area (Å²) in [6, 6.07) is 18.2. The van der Waals surface area contributed by atoms with E-state index >= 15 is 0 Å². The van der Waals surface area contributed by atoms with Gasteiger partial charge in [-0.25, -0.2) is 0 Å². The number of carbonyl (C=O) groups is 1. The van der Waals surface area contributed by atoms with Gasteiger partial charge in [-0.2, -0.15) is 0 Å². The highest BCUT2D eigenvalue weighted by atomic mass is 16.2. The van der Waals surface area contributed by atoms with Crippen LogP contribution in [0.15, 0.2) is 59.6 Å². The molecule has 0 aromatic heterocycles. The molecule has 6 nitrogen and oxygen atoms in total. The summed E-state index contributed by atoms with van der Waals surface area (Å²) in [5.41, 5.74) is 3.13. The van der Waals surface area contributed by atoms with Crippen LogP contribution in [-0.4, -0.2) is 62.9 Å². The molecule has 6 heteroatoms. The molecule has 0 aliphatic heterocycles. The van der Waals surface area contributed by atoms with Crippen molar-refractivity contribution in [2.45, 2.75) is 19.5 Å². The van der Waals surface area contributed by atoms with E-state index in [0.29, 0.717) is 12.1 Å². The van der Waals surface area contributed by atoms with E-state index in [1.807, 2.05) is 30.3 Å². The predicted molar refractivity (Wildman–Crippen MR) is 120 cm³/mol. The van der Waals surface area contributed by atoms with E-state index in [4.69, 9.17) is 0 Å². The molecule has 0 radical (unpaired) electrons. The standard InChI is InChI=1S/C23H33N5O/c1-24-23(25-15-8-16-28(4)18-20-9-6-5-7-10-20)26-17-19-11-13-21(14-12-19)22(29)27(2)3/h5-7,9-14H,8,15-18H2,1-4H3,(H2,24,25,26). The summed E-state index contributed by atoms with van der Waals surface area (Å²) >= 11 is 0. The van der Waals surface area contributed by atoms with Gasteiger partial charge in [0.2, 0.25) is 0 Å². The van der Waals surface area contributed by atoms with Crippen LogP contribution in [0, 0.1) is 0 Å². The van der Waals surface area contributed by atoms with Crippen LogP contribution in [-0.2, 0) is 13.1 Å². The van der Waals surface area contributed by atoms with E-state index in [-0.39, 0.29) is 5.91 Å². The molecule has 0 unspecified atom stereocenters. The summed E-state index contributed by atoms with van der Waals surface area (Å²) in [6.45, 7) is 3.49. The van der Waals surface area contributed by atoms with Gasteiger partial charge in [-0.1, -0.05) is 42.5 Å². The number of carbonyl (C=O) groups excluding carboxylic acids is 1. The SMILES string of the molecule is CN=C(NCCCN(C)Cc1ccccc1)NCc1ccc(C(=O)N(C)C)cc1. The average Bonchev–Trinajstić information content (AvgIpc) is 2.73. The zero-order chi connectivity index (χ0) is 21.1. The normalized spacial score (nSPS) is 11.4. The van der Waals surface area contributed by atoms with Crippen molar-refractivity contribution in [3.63, 3.8) is 0 Å². The van der Waals surface area contributed by atoms with Gasteiger partial charge >= 0.3 is 0 Å². The van der Waals surface area contributed by atoms with Crippen molar-refractivity contribution in [3.8, 4) is 0 Å². The number of rotatable bonds is 9. The molecule has 0 saturated heterocycles. The molecule has 2 aromatic carbocycles. The summed E-state index contributed by atoms with van der Waals surface area (Å²) in [5.74, 6) is 0.795. The molecule has 2 N–H and O–H groups in total. The Morgan fingerprint density at radius 2 is 1.62 bits per heavy atom. The Kier molecular flexibility index (Phi) is 9.18. The highest BCUT2D eigenvalue weighted by molar-refractivity contribution is 5.93. The van der Waals surface area contributed by atoms with Gasteiger partial charge in [-0.05, 0) is 43.3 Å². The molecule has 0 spiro atoms. The third-order valence-electron chi connectivity index (χ3n) is 4.60. The van der Waals surface area contributed by atoms with Gasteiger partial charge in [0.05, 0.1) is 0 Å². The third-order valence-corrected chi connectivity index (χ3v) is 4.60. The fourth-order valence-corrected chi connectivity index (χ4v) is 2.96. The lowest BCUT2D eigenvalue weighted by molar-refractivity contribution is 0.0827. The first kappa shape index (κ1) is 22.4. The van der Waals surface area contributed by atoms with Crippen LogP contribution in [0.2, 0.25) is 0 Å². The van der Waals surface area contributed by atoms with Gasteiger partial charge in [-0.15, -0.1) is 0 Å². The first-order valence-corrected chi connectivity index (χ1v) is 9.97. The average molecular weight is 396 g/mol. The summed E-state index contributed by atoms with van der Waals surface area (Å²) in [5, 5.41) is 6.67. The number of nitrogens with zero attached hydrogens (tertiary/aromatic N) is 3. The minimum Gasteiger partial charge on any atom is -0.356 e. The number of amides is 1. The maximum atomic E-state index is 11.9. The summed E-state index contributed by atoms with van der Waals surface area (Å²) in [4.78, 5) is 20.1. The Bertz CT molecular complexity index is 772. The zero-order valence-electron chi connectivity index (χ0n) is 18.0. The van der Waals surface area contributed by atoms with E-state index in [0.717, 1.165) is 37.6 Å². The van der Waals surface area contributed by atoms with Crippen molar-refractivity contribution in [1.29, 1.82) is 0 Å². The van der Waals surface area contributed by atoms with Crippen LogP contribution in [0.5, 0.6) is 0 Å². The number of hydrogen-bond donors (Lipinski definition) is 2. The molecule has 0 saturated carbocycles. The van der Waals surface area contributed by atoms with Gasteiger partial charge in [0, 0.05) is 46.3 Å². The van der Waals surface area contributed by atoms with Crippen molar-refractivity contribution in [3.05, 3.63) is 71.3 Å². The maximum absolute atomic E-state index is 11.9. The molecule has 0 atom stereocenters. The van der Waals surface area contributed by atoms with E-state index in [1.54, 1.807) is 26.0 Å². The monoisotopic (exact) mass is 395 g/mol. The Balaban J connectivity index is 1.68. The summed E-state index contributed by atoms with van der Waals surface area (Å²) in [6.07, 6.45) is 1.03. The van der Waals surface area contributed by atoms with Crippen LogP contribution >= 0.6 is 0 Å². The maximum Gasteiger partial charge on any atom is 0.253 e. The largest absolute Gasteiger partial charge is 0.356 e. The van der Waals surface area contributed by atoms with Crippen LogP contribution in [0.25, 0.3) is 0 Å². The second-order valence-electron chi connectivity index (χ2n) is 7.33. The molecule has 0 bridgehead atoms. The molecule has 29 heavy (non-hydrogen) atoms. The van der Waals surface area contributed by atoms with Crippen LogP contribution in [0.3, 0.4) is 0 Å². The molecule has 0 aliphatic carbocycles. The molecule has 0 aliphatic rings. The number of aliphatic imine (C=N–C) groups is 1. The second-order valence-corrected chi connectivity index (χ2v) is 7.33. The van der Waals surface area contributed by atoms with E-state index in [1.165, 1.54) is 5.56 Å². The fourth-order valence-electron chi connectivity index (χ4n) is 2.96. The first-order valence-electron chi connectivity index (χ1n) is 9.97. The van der Waals surface area contributed by atoms with E-state index < -0.39 is 0 Å². The van der Waals surface area contributed by atoms with E-state index in [2.05, 4.69) is 51.8 Å². The molecule has 2 rings (SSSR count). The van der Waals surface area contributed by atoms with Gasteiger partial charge in [0.25, 0.3) is 5.91 Å². The van der Waals surface area contributed by atoms with E-state index in [9.17, 15) is 4.79 Å². The molecule has 156 valence electrons. The molecule has 0 heterocycles. The number of benzene rings is 2. The van der Waals surface area contributed by atoms with Crippen molar-refractivity contribution >= 4 is 11.9 Å². The third kappa shape index (κ3) is 7.95. The fraction of sp³-hybridized carbons (Fsp3) is 0.391. The number of guanidine groups is 1. The molecule has 0 fully saturated rings. The first-order chi connectivity index (χ1) is 14.0. The lowest BCUT2D eigenvalue weighted by Crippen LogP contribution is -2.38. The highest BCUT2D eigenvalue weighted by Gasteiger charge is 2.07. The van der Waals surface area contributed by atoms with Gasteiger partial charge in [0.1, 0.15) is 0 Å². The van der Waals surface area contributed by atoms with Crippen LogP contribution in [0.1, 0.15) is 27.9 Å². The minimum atomic E-state index is 0.0132. The van der Waals surface area contributed by atoms with Crippen molar-refractivity contribution < 1.29 is 4.79 Å². The minimum absolute atomic E-state index is 0.0132. The van der Waals surface area contributed by atoms with Gasteiger partial charge in [0.15, 0.2) is 5.96 Å². The topological polar surface area (TPSA) is 60.0 Å². The Morgan fingerprint density at radius 1 is 0.931 bits per heavy atom. The van der Waals surface area contributed by atoms with Gasteiger partial charge in [-0.3, -0.25) is 9.79 Å². The lowest BCUT2D eigenvalue weighted by atomic mass is 10.1. The van der Waals surface area contributed by atoms with Crippen molar-refractivity contribution in [2.24, 2.45) is 4.99 Å². The molecular weight excluding hydrogens is 362 g/mol. The molecular formula is C23H33N5O. The van der Waals surface area contributed by atoms with Crippen molar-refractivity contribution in [1.82, 2.24) is 20.4 Å². The molecule has 1 amide bonds. The Hall–Kier alpha value is -2.86. The Morgan fingerprint density at radius 3 is 2.24 bits per heavy atom. The Labute approximate surface area is 174 Å². The zero-order valence-corrected chi connectivity index (χ0v) is 18.0. The van der Waals surface area contributed by atoms with Crippen LogP contribution in [0.4, 0.5) is 0 Å². The highest BCUT2D eigenvalue weighted by Crippen LogP contribution is 2.06. The second kappa shape index (κ2) is 11.9. The number of hydrogen-bond acceptors (Lipinski definition) is 3. The smallest absolute Gasteiger partial charge is 0.253 e. The van der Waals surface area contributed by atoms with Crippen LogP contribution < -0.4 is 10.6 Å². The number of nitrogens with one attached hydrogen (secondary N) is 2. The summed E-state index contributed by atoms with van der Waals surface area (Å²) in [7, 11) is 7.43. The lowest BCUT2D eigenvalue weighted by Gasteiger charge is -2.17. The molecule has 2 aromatic rings. The predicted octanol–water partition coefficient (Wildman–Crippen LogP) is 2.58. The van der Waals surface area contributed by atoms with Crippen molar-refractivity contribution in [2.75, 3.05) is 41.3 Å². The quantitative estimate of drug-likeness (QED) is 0.389. The van der Waals surface area contributed by atoms with Gasteiger partial charge < -0.3 is 20.4 Å².